The summed E-state index contributed by atoms with van der Waals surface area (Å²) in [6.07, 6.45) is -1.95. The topological polar surface area (TPSA) is 39.7 Å². The fourth-order valence-electron chi connectivity index (χ4n) is 1.75. The van der Waals surface area contributed by atoms with E-state index in [0.29, 0.717) is 17.5 Å². The number of alkyl halides is 3. The molecule has 0 heterocycles. The third-order valence-corrected chi connectivity index (χ3v) is 2.96. The van der Waals surface area contributed by atoms with Crippen LogP contribution in [0.5, 0.6) is 11.5 Å². The molecule has 1 aliphatic rings. The monoisotopic (exact) mass is 305 g/mol. The van der Waals surface area contributed by atoms with Gasteiger partial charge in [-0.2, -0.15) is 13.2 Å². The van der Waals surface area contributed by atoms with E-state index in [1.165, 1.54) is 20.0 Å². The highest BCUT2D eigenvalue weighted by Gasteiger charge is 2.27. The van der Waals surface area contributed by atoms with E-state index in [-0.39, 0.29) is 0 Å². The predicted octanol–water partition coefficient (Wildman–Crippen LogP) is 2.86. The number of methoxy groups -OCH3 is 1. The van der Waals surface area contributed by atoms with Crippen molar-refractivity contribution >= 4 is 0 Å². The van der Waals surface area contributed by atoms with Gasteiger partial charge in [-0.1, -0.05) is 6.07 Å². The Morgan fingerprint density at radius 3 is 2.62 bits per heavy atom. The van der Waals surface area contributed by atoms with E-state index in [2.05, 4.69) is 10.1 Å². The van der Waals surface area contributed by atoms with Crippen molar-refractivity contribution in [3.8, 4) is 11.5 Å². The first kappa shape index (κ1) is 15.9. The molecule has 0 saturated heterocycles. The fraction of sp³-hybridized carbons (Fsp3) is 0.571. The van der Waals surface area contributed by atoms with E-state index >= 15 is 0 Å². The van der Waals surface area contributed by atoms with Gasteiger partial charge in [0.15, 0.2) is 18.3 Å². The second-order valence-electron chi connectivity index (χ2n) is 4.87. The predicted molar refractivity (Wildman–Crippen MR) is 70.4 cm³/mol. The molecule has 0 atom stereocenters. The van der Waals surface area contributed by atoms with Gasteiger partial charge < -0.3 is 19.5 Å². The molecular weight excluding hydrogens is 287 g/mol. The molecule has 2 rings (SSSR count). The Kier molecular flexibility index (Phi) is 5.30. The van der Waals surface area contributed by atoms with Gasteiger partial charge in [-0.15, -0.1) is 0 Å². The van der Waals surface area contributed by atoms with Crippen LogP contribution >= 0.6 is 0 Å². The summed E-state index contributed by atoms with van der Waals surface area (Å²) in [5.41, 5.74) is 1.03. The lowest BCUT2D eigenvalue weighted by atomic mass is 10.2. The molecule has 0 spiro atoms. The van der Waals surface area contributed by atoms with Crippen LogP contribution in [0.2, 0.25) is 0 Å². The molecule has 7 heteroatoms. The van der Waals surface area contributed by atoms with Crippen LogP contribution in [0, 0.1) is 0 Å². The first-order chi connectivity index (χ1) is 9.98. The quantitative estimate of drug-likeness (QED) is 0.592. The van der Waals surface area contributed by atoms with Crippen LogP contribution in [0.25, 0.3) is 0 Å². The minimum absolute atomic E-state index is 0.356. The van der Waals surface area contributed by atoms with Crippen molar-refractivity contribution in [3.63, 3.8) is 0 Å². The highest BCUT2D eigenvalue weighted by atomic mass is 19.4. The molecule has 4 nitrogen and oxygen atoms in total. The number of hydrogen-bond acceptors (Lipinski definition) is 4. The van der Waals surface area contributed by atoms with Gasteiger partial charge in [-0.05, 0) is 30.5 Å². The molecule has 0 unspecified atom stereocenters. The number of halogens is 3. The average molecular weight is 305 g/mol. The lowest BCUT2D eigenvalue weighted by Gasteiger charge is -2.13. The van der Waals surface area contributed by atoms with Crippen molar-refractivity contribution in [2.24, 2.45) is 0 Å². The summed E-state index contributed by atoms with van der Waals surface area (Å²) >= 11 is 0. The molecule has 118 valence electrons. The summed E-state index contributed by atoms with van der Waals surface area (Å²) in [6.45, 7) is -1.08. The Morgan fingerprint density at radius 2 is 2.00 bits per heavy atom. The minimum atomic E-state index is -4.36. The fourth-order valence-corrected chi connectivity index (χ4v) is 1.75. The van der Waals surface area contributed by atoms with Crippen molar-refractivity contribution in [1.29, 1.82) is 0 Å². The normalized spacial score (nSPS) is 15.0. The molecule has 1 N–H and O–H groups in total. The summed E-state index contributed by atoms with van der Waals surface area (Å²) < 4.78 is 50.5. The summed E-state index contributed by atoms with van der Waals surface area (Å²) in [4.78, 5) is 0. The Hall–Kier alpha value is -1.47. The van der Waals surface area contributed by atoms with Crippen LogP contribution < -0.4 is 14.8 Å². The summed E-state index contributed by atoms with van der Waals surface area (Å²) in [5.74, 6) is 0.829. The standard InChI is InChI=1S/C14H18F3NO3/c1-19-13-6-10(7-18-11-3-4-11)2-5-12(13)21-9-20-8-14(15,16)17/h2,5-6,11,18H,3-4,7-9H2,1H3. The maximum absolute atomic E-state index is 11.9. The molecule has 0 radical (unpaired) electrons. The molecule has 1 aliphatic carbocycles. The van der Waals surface area contributed by atoms with E-state index in [1.807, 2.05) is 6.07 Å². The molecule has 0 amide bonds. The number of rotatable bonds is 8. The van der Waals surface area contributed by atoms with Crippen molar-refractivity contribution < 1.29 is 27.4 Å². The van der Waals surface area contributed by atoms with Crippen LogP contribution in [0.3, 0.4) is 0 Å². The van der Waals surface area contributed by atoms with Crippen LogP contribution in [-0.2, 0) is 11.3 Å². The zero-order valence-electron chi connectivity index (χ0n) is 11.7. The number of hydrogen-bond donors (Lipinski definition) is 1. The van der Waals surface area contributed by atoms with Gasteiger partial charge in [0, 0.05) is 12.6 Å². The van der Waals surface area contributed by atoms with Crippen LogP contribution in [0.15, 0.2) is 18.2 Å². The van der Waals surface area contributed by atoms with Gasteiger partial charge in [0.2, 0.25) is 0 Å². The number of benzene rings is 1. The van der Waals surface area contributed by atoms with E-state index in [0.717, 1.165) is 12.1 Å². The van der Waals surface area contributed by atoms with Crippen molar-refractivity contribution in [1.82, 2.24) is 5.32 Å². The zero-order chi connectivity index (χ0) is 15.3. The SMILES string of the molecule is COc1cc(CNC2CC2)ccc1OCOCC(F)(F)F. The zero-order valence-corrected chi connectivity index (χ0v) is 11.7. The Labute approximate surface area is 121 Å². The van der Waals surface area contributed by atoms with Crippen LogP contribution in [0.4, 0.5) is 13.2 Å². The largest absolute Gasteiger partial charge is 0.493 e. The molecular formula is C14H18F3NO3. The highest BCUT2D eigenvalue weighted by molar-refractivity contribution is 5.42. The molecule has 21 heavy (non-hydrogen) atoms. The Balaban J connectivity index is 1.83. The molecule has 1 saturated carbocycles. The van der Waals surface area contributed by atoms with Gasteiger partial charge in [-0.3, -0.25) is 0 Å². The minimum Gasteiger partial charge on any atom is -0.493 e. The molecule has 0 aliphatic heterocycles. The van der Waals surface area contributed by atoms with Gasteiger partial charge in [0.25, 0.3) is 0 Å². The molecule has 0 aromatic heterocycles. The number of ether oxygens (including phenoxy) is 3. The van der Waals surface area contributed by atoms with Crippen LogP contribution in [0.1, 0.15) is 18.4 Å². The van der Waals surface area contributed by atoms with E-state index in [4.69, 9.17) is 9.47 Å². The van der Waals surface area contributed by atoms with Gasteiger partial charge in [-0.25, -0.2) is 0 Å². The first-order valence-corrected chi connectivity index (χ1v) is 6.65. The van der Waals surface area contributed by atoms with Crippen molar-refractivity contribution in [2.45, 2.75) is 31.6 Å². The molecule has 0 bridgehead atoms. The maximum atomic E-state index is 11.9. The lowest BCUT2D eigenvalue weighted by molar-refractivity contribution is -0.186. The first-order valence-electron chi connectivity index (χ1n) is 6.65. The second kappa shape index (κ2) is 7.00. The molecule has 1 aromatic rings. The van der Waals surface area contributed by atoms with Crippen molar-refractivity contribution in [2.75, 3.05) is 20.5 Å². The highest BCUT2D eigenvalue weighted by Crippen LogP contribution is 2.29. The molecule has 1 fully saturated rings. The average Bonchev–Trinajstić information content (AvgIpc) is 3.25. The van der Waals surface area contributed by atoms with Gasteiger partial charge in [0.1, 0.15) is 6.61 Å². The van der Waals surface area contributed by atoms with E-state index < -0.39 is 19.6 Å². The smallest absolute Gasteiger partial charge is 0.411 e. The Morgan fingerprint density at radius 1 is 1.24 bits per heavy atom. The summed E-state index contributed by atoms with van der Waals surface area (Å²) in [6, 6.07) is 5.91. The van der Waals surface area contributed by atoms with E-state index in [1.54, 1.807) is 12.1 Å². The summed E-state index contributed by atoms with van der Waals surface area (Å²) in [7, 11) is 1.48. The summed E-state index contributed by atoms with van der Waals surface area (Å²) in [5, 5.41) is 3.37. The maximum Gasteiger partial charge on any atom is 0.411 e. The molecule has 1 aromatic carbocycles. The van der Waals surface area contributed by atoms with Gasteiger partial charge in [0.05, 0.1) is 7.11 Å². The van der Waals surface area contributed by atoms with E-state index in [9.17, 15) is 13.2 Å². The van der Waals surface area contributed by atoms with Crippen LogP contribution in [-0.4, -0.2) is 32.7 Å². The third-order valence-electron chi connectivity index (χ3n) is 2.96. The third kappa shape index (κ3) is 5.81. The lowest BCUT2D eigenvalue weighted by Crippen LogP contribution is -2.19. The Bertz CT molecular complexity index is 461. The van der Waals surface area contributed by atoms with Gasteiger partial charge >= 0.3 is 6.18 Å². The number of nitrogens with one attached hydrogen (secondary N) is 1. The van der Waals surface area contributed by atoms with Crippen molar-refractivity contribution in [3.05, 3.63) is 23.8 Å². The second-order valence-corrected chi connectivity index (χ2v) is 4.87.